The molecule has 0 spiro atoms. The molecule has 0 saturated heterocycles. The topological polar surface area (TPSA) is 66.4 Å². The van der Waals surface area contributed by atoms with Crippen LogP contribution in [0.2, 0.25) is 10.0 Å². The van der Waals surface area contributed by atoms with Crippen molar-refractivity contribution in [2.24, 2.45) is 0 Å². The van der Waals surface area contributed by atoms with Gasteiger partial charge in [0.15, 0.2) is 0 Å². The number of halogens is 2. The number of nitrogens with one attached hydrogen (secondary N) is 1. The van der Waals surface area contributed by atoms with Crippen molar-refractivity contribution < 1.29 is 14.7 Å². The normalized spacial score (nSPS) is 10.2. The number of carbonyl (C=O) groups excluding carboxylic acids is 1. The first kappa shape index (κ1) is 15.4. The van der Waals surface area contributed by atoms with Crippen molar-refractivity contribution in [2.75, 3.05) is 5.32 Å². The van der Waals surface area contributed by atoms with E-state index in [2.05, 4.69) is 5.32 Å². The molecule has 0 aliphatic heterocycles. The standard InChI is InChI=1S/C15H11Cl2NO3/c1-8-5-6-9(7-11(8)15(20)21)18-14(19)10-3-2-4-12(16)13(10)17/h2-7H,1H3,(H,18,19)(H,20,21). The summed E-state index contributed by atoms with van der Waals surface area (Å²) in [5.41, 5.74) is 1.34. The summed E-state index contributed by atoms with van der Waals surface area (Å²) in [6, 6.07) is 9.37. The number of carboxylic acid groups (broad SMARTS) is 1. The molecule has 2 aromatic carbocycles. The van der Waals surface area contributed by atoms with Crippen LogP contribution >= 0.6 is 23.2 Å². The SMILES string of the molecule is Cc1ccc(NC(=O)c2cccc(Cl)c2Cl)cc1C(=O)O. The van der Waals surface area contributed by atoms with Crippen molar-refractivity contribution in [3.8, 4) is 0 Å². The predicted octanol–water partition coefficient (Wildman–Crippen LogP) is 4.25. The molecule has 0 fully saturated rings. The minimum atomic E-state index is -1.05. The van der Waals surface area contributed by atoms with Gasteiger partial charge < -0.3 is 10.4 Å². The summed E-state index contributed by atoms with van der Waals surface area (Å²) in [4.78, 5) is 23.2. The summed E-state index contributed by atoms with van der Waals surface area (Å²) >= 11 is 11.8. The van der Waals surface area contributed by atoms with Gasteiger partial charge in [0.2, 0.25) is 0 Å². The first-order valence-electron chi connectivity index (χ1n) is 5.99. The number of hydrogen-bond donors (Lipinski definition) is 2. The second kappa shape index (κ2) is 6.16. The lowest BCUT2D eigenvalue weighted by atomic mass is 10.1. The quantitative estimate of drug-likeness (QED) is 0.887. The van der Waals surface area contributed by atoms with Crippen LogP contribution in [0.3, 0.4) is 0 Å². The van der Waals surface area contributed by atoms with E-state index >= 15 is 0 Å². The van der Waals surface area contributed by atoms with E-state index in [1.54, 1.807) is 31.2 Å². The van der Waals surface area contributed by atoms with Crippen LogP contribution in [0.25, 0.3) is 0 Å². The zero-order valence-electron chi connectivity index (χ0n) is 11.0. The molecular formula is C15H11Cl2NO3. The Labute approximate surface area is 131 Å². The monoisotopic (exact) mass is 323 g/mol. The van der Waals surface area contributed by atoms with Gasteiger partial charge in [0.25, 0.3) is 5.91 Å². The van der Waals surface area contributed by atoms with Gasteiger partial charge in [-0.05, 0) is 36.8 Å². The first-order chi connectivity index (χ1) is 9.90. The number of carboxylic acids is 1. The summed E-state index contributed by atoms with van der Waals surface area (Å²) in [5, 5.41) is 12.1. The average Bonchev–Trinajstić information content (AvgIpc) is 2.43. The van der Waals surface area contributed by atoms with Crippen LogP contribution in [0, 0.1) is 6.92 Å². The molecule has 108 valence electrons. The van der Waals surface area contributed by atoms with Crippen LogP contribution in [0.15, 0.2) is 36.4 Å². The van der Waals surface area contributed by atoms with Gasteiger partial charge in [-0.1, -0.05) is 35.3 Å². The molecule has 0 radical (unpaired) electrons. The van der Waals surface area contributed by atoms with Gasteiger partial charge in [0.1, 0.15) is 0 Å². The van der Waals surface area contributed by atoms with Gasteiger partial charge in [-0.3, -0.25) is 4.79 Å². The molecule has 0 unspecified atom stereocenters. The Bertz CT molecular complexity index is 729. The van der Waals surface area contributed by atoms with Crippen LogP contribution in [0.4, 0.5) is 5.69 Å². The second-order valence-corrected chi connectivity index (χ2v) is 5.18. The molecule has 0 aromatic heterocycles. The van der Waals surface area contributed by atoms with Crippen molar-refractivity contribution >= 4 is 40.8 Å². The maximum Gasteiger partial charge on any atom is 0.336 e. The van der Waals surface area contributed by atoms with E-state index in [0.29, 0.717) is 11.3 Å². The average molecular weight is 324 g/mol. The number of amides is 1. The zero-order chi connectivity index (χ0) is 15.6. The van der Waals surface area contributed by atoms with E-state index in [0.717, 1.165) is 0 Å². The summed E-state index contributed by atoms with van der Waals surface area (Å²) in [5.74, 6) is -1.51. The molecule has 0 heterocycles. The fourth-order valence-electron chi connectivity index (χ4n) is 1.81. The van der Waals surface area contributed by atoms with Crippen LogP contribution in [-0.4, -0.2) is 17.0 Å². The Morgan fingerprint density at radius 3 is 2.48 bits per heavy atom. The highest BCUT2D eigenvalue weighted by Gasteiger charge is 2.14. The van der Waals surface area contributed by atoms with E-state index in [4.69, 9.17) is 28.3 Å². The van der Waals surface area contributed by atoms with Crippen LogP contribution in [-0.2, 0) is 0 Å². The summed E-state index contributed by atoms with van der Waals surface area (Å²) in [6.07, 6.45) is 0. The van der Waals surface area contributed by atoms with Crippen molar-refractivity contribution in [1.82, 2.24) is 0 Å². The Hall–Kier alpha value is -2.04. The van der Waals surface area contributed by atoms with E-state index in [9.17, 15) is 9.59 Å². The Balaban J connectivity index is 2.30. The lowest BCUT2D eigenvalue weighted by Gasteiger charge is -2.09. The summed E-state index contributed by atoms with van der Waals surface area (Å²) in [7, 11) is 0. The molecule has 6 heteroatoms. The molecule has 0 saturated carbocycles. The highest BCUT2D eigenvalue weighted by molar-refractivity contribution is 6.44. The van der Waals surface area contributed by atoms with Crippen molar-refractivity contribution in [1.29, 1.82) is 0 Å². The number of carbonyl (C=O) groups is 2. The van der Waals surface area contributed by atoms with Gasteiger partial charge >= 0.3 is 5.97 Å². The van der Waals surface area contributed by atoms with E-state index in [1.165, 1.54) is 12.1 Å². The van der Waals surface area contributed by atoms with Crippen molar-refractivity contribution in [2.45, 2.75) is 6.92 Å². The smallest absolute Gasteiger partial charge is 0.336 e. The molecule has 0 aliphatic rings. The Morgan fingerprint density at radius 1 is 1.10 bits per heavy atom. The van der Waals surface area contributed by atoms with E-state index in [1.807, 2.05) is 0 Å². The molecule has 2 aromatic rings. The fourth-order valence-corrected chi connectivity index (χ4v) is 2.19. The summed E-state index contributed by atoms with van der Waals surface area (Å²) in [6.45, 7) is 1.68. The second-order valence-electron chi connectivity index (χ2n) is 4.39. The minimum Gasteiger partial charge on any atom is -0.478 e. The fraction of sp³-hybridized carbons (Fsp3) is 0.0667. The molecule has 21 heavy (non-hydrogen) atoms. The van der Waals surface area contributed by atoms with Gasteiger partial charge in [0, 0.05) is 5.69 Å². The van der Waals surface area contributed by atoms with Gasteiger partial charge in [0.05, 0.1) is 21.2 Å². The number of aromatic carboxylic acids is 1. The Kier molecular flexibility index (Phi) is 4.50. The third kappa shape index (κ3) is 3.35. The highest BCUT2D eigenvalue weighted by Crippen LogP contribution is 2.26. The molecular weight excluding hydrogens is 313 g/mol. The van der Waals surface area contributed by atoms with Crippen LogP contribution < -0.4 is 5.32 Å². The van der Waals surface area contributed by atoms with E-state index in [-0.39, 0.29) is 21.2 Å². The molecule has 4 nitrogen and oxygen atoms in total. The number of aryl methyl sites for hydroxylation is 1. The number of anilines is 1. The lowest BCUT2D eigenvalue weighted by Crippen LogP contribution is -2.13. The number of rotatable bonds is 3. The number of hydrogen-bond acceptors (Lipinski definition) is 2. The molecule has 2 N–H and O–H groups in total. The summed E-state index contributed by atoms with van der Waals surface area (Å²) < 4.78 is 0. The molecule has 0 bridgehead atoms. The molecule has 1 amide bonds. The Morgan fingerprint density at radius 2 is 1.81 bits per heavy atom. The van der Waals surface area contributed by atoms with E-state index < -0.39 is 11.9 Å². The zero-order valence-corrected chi connectivity index (χ0v) is 12.5. The van der Waals surface area contributed by atoms with Crippen molar-refractivity contribution in [3.05, 3.63) is 63.1 Å². The largest absolute Gasteiger partial charge is 0.478 e. The molecule has 2 rings (SSSR count). The van der Waals surface area contributed by atoms with Gasteiger partial charge in [-0.15, -0.1) is 0 Å². The minimum absolute atomic E-state index is 0.130. The maximum absolute atomic E-state index is 12.2. The first-order valence-corrected chi connectivity index (χ1v) is 6.75. The molecule has 0 aliphatic carbocycles. The van der Waals surface area contributed by atoms with Crippen molar-refractivity contribution in [3.63, 3.8) is 0 Å². The highest BCUT2D eigenvalue weighted by atomic mass is 35.5. The van der Waals surface area contributed by atoms with Crippen LogP contribution in [0.1, 0.15) is 26.3 Å². The van der Waals surface area contributed by atoms with Gasteiger partial charge in [-0.2, -0.15) is 0 Å². The lowest BCUT2D eigenvalue weighted by molar-refractivity contribution is 0.0695. The van der Waals surface area contributed by atoms with Gasteiger partial charge in [-0.25, -0.2) is 4.79 Å². The molecule has 0 atom stereocenters. The third-order valence-corrected chi connectivity index (χ3v) is 3.74. The van der Waals surface area contributed by atoms with Crippen LogP contribution in [0.5, 0.6) is 0 Å². The predicted molar refractivity (Wildman–Crippen MR) is 82.6 cm³/mol. The third-order valence-electron chi connectivity index (χ3n) is 2.92. The number of benzene rings is 2. The maximum atomic E-state index is 12.2.